The van der Waals surface area contributed by atoms with Gasteiger partial charge in [0.05, 0.1) is 0 Å². The summed E-state index contributed by atoms with van der Waals surface area (Å²) in [6.07, 6.45) is 1.97. The van der Waals surface area contributed by atoms with E-state index >= 15 is 0 Å². The van der Waals surface area contributed by atoms with Crippen molar-refractivity contribution in [1.29, 1.82) is 0 Å². The minimum Gasteiger partial charge on any atom is -0.663 e. The molecule has 0 atom stereocenters. The van der Waals surface area contributed by atoms with E-state index in [0.29, 0.717) is 0 Å². The van der Waals surface area contributed by atoms with Gasteiger partial charge < -0.3 is 4.98 Å². The molecule has 7 rings (SSSR count). The predicted molar refractivity (Wildman–Crippen MR) is 219 cm³/mol. The van der Waals surface area contributed by atoms with Crippen molar-refractivity contribution >= 4 is 32.6 Å². The van der Waals surface area contributed by atoms with Crippen LogP contribution in [0.15, 0.2) is 91.1 Å². The van der Waals surface area contributed by atoms with Gasteiger partial charge in [0.15, 0.2) is 0 Å². The summed E-state index contributed by atoms with van der Waals surface area (Å²) >= 11 is 0. The summed E-state index contributed by atoms with van der Waals surface area (Å²) in [5, 5.41) is 4.74. The van der Waals surface area contributed by atoms with E-state index in [2.05, 4.69) is 180 Å². The molecule has 0 saturated heterocycles. The topological polar surface area (TPSA) is 27.0 Å². The Morgan fingerprint density at radius 3 is 1.58 bits per heavy atom. The van der Waals surface area contributed by atoms with Gasteiger partial charge in [0.1, 0.15) is 0 Å². The van der Waals surface area contributed by atoms with Crippen LogP contribution in [0.4, 0.5) is 0 Å². The van der Waals surface area contributed by atoms with Gasteiger partial charge in [-0.3, -0.25) is 4.98 Å². The Bertz CT molecular complexity index is 2450. The zero-order chi connectivity index (χ0) is 36.7. The Morgan fingerprint density at radius 1 is 0.481 bits per heavy atom. The van der Waals surface area contributed by atoms with Crippen LogP contribution in [0, 0.1) is 12.1 Å². The van der Waals surface area contributed by atoms with Gasteiger partial charge >= 0.3 is 22.4 Å². The van der Waals surface area contributed by atoms with Crippen molar-refractivity contribution < 1.29 is 22.4 Å². The maximum atomic E-state index is 5.32. The number of hydrogen-bond donors (Lipinski definition) is 0. The summed E-state index contributed by atoms with van der Waals surface area (Å²) in [5.74, 6) is 0. The molecule has 0 aliphatic carbocycles. The van der Waals surface area contributed by atoms with E-state index in [1.807, 2.05) is 6.20 Å². The van der Waals surface area contributed by atoms with Crippen LogP contribution in [0.1, 0.15) is 105 Å². The van der Waals surface area contributed by atoms with Crippen LogP contribution >= 0.6 is 0 Å². The molecule has 0 aliphatic rings. The van der Waals surface area contributed by atoms with Crippen LogP contribution in [-0.4, -0.2) is 4.98 Å². The summed E-state index contributed by atoms with van der Waals surface area (Å²) < 4.78 is 0. The second-order valence-electron chi connectivity index (χ2n) is 18.6. The van der Waals surface area contributed by atoms with Crippen LogP contribution in [-0.2, 0) is 44.0 Å². The molecule has 5 aromatic carbocycles. The molecule has 0 radical (unpaired) electrons. The molecule has 52 heavy (non-hydrogen) atoms. The molecule has 0 amide bonds. The maximum Gasteiger partial charge on any atom is 3.00 e. The third-order valence-electron chi connectivity index (χ3n) is 10.3. The monoisotopic (exact) mass is 864 g/mol. The minimum atomic E-state index is -0.0878. The molecule has 0 N–H and O–H groups in total. The van der Waals surface area contributed by atoms with E-state index in [0.717, 1.165) is 49.9 Å². The van der Waals surface area contributed by atoms with Crippen LogP contribution < -0.4 is 4.98 Å². The number of benzene rings is 5. The van der Waals surface area contributed by atoms with Crippen LogP contribution in [0.2, 0.25) is 0 Å². The first-order chi connectivity index (χ1) is 23.8. The molecule has 2 aromatic heterocycles. The van der Waals surface area contributed by atoms with E-state index < -0.39 is 0 Å². The van der Waals surface area contributed by atoms with Crippen molar-refractivity contribution in [3.63, 3.8) is 0 Å². The molecule has 2 heterocycles. The van der Waals surface area contributed by atoms with Gasteiger partial charge in [-0.15, -0.1) is 39.9 Å². The zero-order valence-corrected chi connectivity index (χ0v) is 35.0. The molecular weight excluding hydrogens is 814 g/mol. The standard InChI is InChI=1S/C49H51N2.Au/c1-46(2,3)36-17-18-43-41(26-36)42-28-39(49(10,11)12)27-40(45(42)51-43)34-19-32(21-37(23-34)47(4,5)6)33-20-35(24-38(22-33)48(7,8)9)44-25-30-15-13-14-16-31(30)29-50-44;/h13-18,21-29H,1-12H3;/q-3;+3. The third kappa shape index (κ3) is 7.31. The molecule has 3 heteroatoms. The summed E-state index contributed by atoms with van der Waals surface area (Å²) in [7, 11) is 0. The average molecular weight is 865 g/mol. The Morgan fingerprint density at radius 2 is 0.981 bits per heavy atom. The van der Waals surface area contributed by atoms with Gasteiger partial charge in [-0.05, 0) is 54.3 Å². The molecule has 0 aliphatic heterocycles. The average Bonchev–Trinajstić information content (AvgIpc) is 3.44. The van der Waals surface area contributed by atoms with E-state index in [1.54, 1.807) is 0 Å². The number of pyridine rings is 1. The number of aromatic nitrogens is 2. The first-order valence-corrected chi connectivity index (χ1v) is 18.3. The molecule has 0 bridgehead atoms. The first kappa shape index (κ1) is 37.8. The van der Waals surface area contributed by atoms with Crippen molar-refractivity contribution in [2.24, 2.45) is 0 Å². The Balaban J connectivity index is 0.00000464. The molecule has 2 nitrogen and oxygen atoms in total. The molecule has 7 aromatic rings. The zero-order valence-electron chi connectivity index (χ0n) is 32.9. The number of fused-ring (bicyclic) bond motifs is 4. The van der Waals surface area contributed by atoms with Gasteiger partial charge in [-0.1, -0.05) is 149 Å². The van der Waals surface area contributed by atoms with E-state index in [4.69, 9.17) is 9.97 Å². The van der Waals surface area contributed by atoms with Crippen molar-refractivity contribution in [3.05, 3.63) is 126 Å². The van der Waals surface area contributed by atoms with Crippen molar-refractivity contribution in [2.45, 2.75) is 105 Å². The summed E-state index contributed by atoms with van der Waals surface area (Å²) in [6.45, 7) is 27.4. The normalized spacial score (nSPS) is 12.8. The van der Waals surface area contributed by atoms with Crippen LogP contribution in [0.5, 0.6) is 0 Å². The van der Waals surface area contributed by atoms with Gasteiger partial charge in [0.2, 0.25) is 0 Å². The predicted octanol–water partition coefficient (Wildman–Crippen LogP) is 13.3. The summed E-state index contributed by atoms with van der Waals surface area (Å²) in [6, 6.07) is 39.1. The second-order valence-corrected chi connectivity index (χ2v) is 18.6. The Labute approximate surface area is 327 Å². The van der Waals surface area contributed by atoms with Gasteiger partial charge in [0.25, 0.3) is 0 Å². The molecular formula is C49H51AuN2. The molecule has 0 saturated carbocycles. The summed E-state index contributed by atoms with van der Waals surface area (Å²) in [5.41, 5.74) is 13.2. The quantitative estimate of drug-likeness (QED) is 0.131. The first-order valence-electron chi connectivity index (χ1n) is 18.3. The number of hydrogen-bond acceptors (Lipinski definition) is 1. The smallest absolute Gasteiger partial charge is 0.663 e. The fraction of sp³-hybridized carbons (Fsp3) is 0.327. The van der Waals surface area contributed by atoms with Gasteiger partial charge in [0, 0.05) is 11.9 Å². The fourth-order valence-corrected chi connectivity index (χ4v) is 6.84. The minimum absolute atomic E-state index is 0. The van der Waals surface area contributed by atoms with Crippen LogP contribution in [0.25, 0.3) is 66.1 Å². The molecule has 268 valence electrons. The largest absolute Gasteiger partial charge is 3.00 e. The van der Waals surface area contributed by atoms with Gasteiger partial charge in [-0.25, -0.2) is 0 Å². The van der Waals surface area contributed by atoms with E-state index in [9.17, 15) is 0 Å². The van der Waals surface area contributed by atoms with Crippen LogP contribution in [0.3, 0.4) is 0 Å². The van der Waals surface area contributed by atoms with Crippen molar-refractivity contribution in [1.82, 2.24) is 9.97 Å². The number of rotatable bonds is 3. The second kappa shape index (κ2) is 13.2. The maximum absolute atomic E-state index is 5.32. The SMILES string of the molecule is CC(C)(C)c1cc(-c2[c-]c(-c3cc(C(C)(C)C)cc4c3[n-]c3ccc(C(C)(C)C)cc34)cc(C(C)(C)C)c2)[c-]c(-c2cc3ccccc3cn2)c1.[Au+3]. The van der Waals surface area contributed by atoms with Gasteiger partial charge in [-0.2, -0.15) is 40.9 Å². The third-order valence-corrected chi connectivity index (χ3v) is 10.3. The van der Waals surface area contributed by atoms with E-state index in [1.165, 1.54) is 38.4 Å². The molecule has 0 fully saturated rings. The fourth-order valence-electron chi connectivity index (χ4n) is 6.84. The van der Waals surface area contributed by atoms with Crippen molar-refractivity contribution in [3.8, 4) is 33.5 Å². The molecule has 0 spiro atoms. The molecule has 0 unspecified atom stereocenters. The Kier molecular flexibility index (Phi) is 9.57. The summed E-state index contributed by atoms with van der Waals surface area (Å²) in [4.78, 5) is 10.2. The Hall–Kier alpha value is -3.95. The van der Waals surface area contributed by atoms with E-state index in [-0.39, 0.29) is 44.0 Å². The van der Waals surface area contributed by atoms with Crippen molar-refractivity contribution in [2.75, 3.05) is 0 Å². The number of nitrogens with zero attached hydrogens (tertiary/aromatic N) is 2.